The number of halogens is 1. The molecule has 9 heteroatoms. The van der Waals surface area contributed by atoms with Crippen molar-refractivity contribution < 1.29 is 22.4 Å². The van der Waals surface area contributed by atoms with Crippen molar-refractivity contribution in [2.75, 3.05) is 15.9 Å². The summed E-state index contributed by atoms with van der Waals surface area (Å²) in [6.45, 7) is 1.68. The molecular weight excluding hydrogens is 517 g/mol. The van der Waals surface area contributed by atoms with E-state index in [1.54, 1.807) is 30.3 Å². The minimum absolute atomic E-state index is 0.194. The van der Waals surface area contributed by atoms with Crippen molar-refractivity contribution >= 4 is 33.2 Å². The van der Waals surface area contributed by atoms with E-state index < -0.39 is 21.7 Å². The van der Waals surface area contributed by atoms with Crippen LogP contribution in [0.2, 0.25) is 0 Å². The van der Waals surface area contributed by atoms with Gasteiger partial charge in [0, 0.05) is 11.1 Å². The van der Waals surface area contributed by atoms with Gasteiger partial charge in [-0.2, -0.15) is 0 Å². The molecule has 200 valence electrons. The monoisotopic (exact) mass is 545 g/mol. The molecule has 0 unspecified atom stereocenters. The van der Waals surface area contributed by atoms with Crippen LogP contribution in [0.1, 0.15) is 44.8 Å². The molecule has 2 N–H and O–H groups in total. The summed E-state index contributed by atoms with van der Waals surface area (Å²) >= 11 is 0. The van der Waals surface area contributed by atoms with Crippen LogP contribution in [0.4, 0.5) is 15.8 Å². The summed E-state index contributed by atoms with van der Waals surface area (Å²) in [6, 6.07) is 27.8. The van der Waals surface area contributed by atoms with Gasteiger partial charge in [-0.15, -0.1) is 0 Å². The SMILES string of the molecule is C[C@H](NC(=O)c1ccccc1NC(=O)c1ccc(N(Cc2ccccc2F)S(C)(=O)=O)cc1)c1ccccc1. The Kier molecular flexibility index (Phi) is 8.41. The summed E-state index contributed by atoms with van der Waals surface area (Å²) in [5.41, 5.74) is 2.35. The second-order valence-corrected chi connectivity index (χ2v) is 10.9. The highest BCUT2D eigenvalue weighted by Crippen LogP contribution is 2.24. The van der Waals surface area contributed by atoms with Crippen LogP contribution in [0.25, 0.3) is 0 Å². The molecule has 0 aliphatic rings. The van der Waals surface area contributed by atoms with Crippen molar-refractivity contribution in [3.05, 3.63) is 131 Å². The molecule has 4 aromatic rings. The number of benzene rings is 4. The lowest BCUT2D eigenvalue weighted by Crippen LogP contribution is -2.29. The number of amides is 2. The molecule has 0 aliphatic carbocycles. The number of carbonyl (C=O) groups excluding carboxylic acids is 2. The maximum atomic E-state index is 14.2. The quantitative estimate of drug-likeness (QED) is 0.289. The molecule has 0 heterocycles. The van der Waals surface area contributed by atoms with Crippen LogP contribution in [-0.2, 0) is 16.6 Å². The molecule has 7 nitrogen and oxygen atoms in total. The molecular formula is C30H28FN3O4S. The van der Waals surface area contributed by atoms with Gasteiger partial charge in [-0.1, -0.05) is 60.7 Å². The lowest BCUT2D eigenvalue weighted by atomic mass is 10.1. The molecule has 1 atom stereocenters. The molecule has 0 radical (unpaired) electrons. The van der Waals surface area contributed by atoms with Crippen LogP contribution < -0.4 is 14.9 Å². The van der Waals surface area contributed by atoms with E-state index in [-0.39, 0.29) is 35.3 Å². The van der Waals surface area contributed by atoms with Crippen molar-refractivity contribution in [2.45, 2.75) is 19.5 Å². The first kappa shape index (κ1) is 27.5. The first-order valence-corrected chi connectivity index (χ1v) is 14.1. The molecule has 2 amide bonds. The fraction of sp³-hybridized carbons (Fsp3) is 0.133. The molecule has 0 saturated heterocycles. The Bertz CT molecular complexity index is 1580. The average Bonchev–Trinajstić information content (AvgIpc) is 2.92. The maximum Gasteiger partial charge on any atom is 0.255 e. The lowest BCUT2D eigenvalue weighted by molar-refractivity contribution is 0.0940. The van der Waals surface area contributed by atoms with Gasteiger partial charge in [-0.3, -0.25) is 13.9 Å². The highest BCUT2D eigenvalue weighted by Gasteiger charge is 2.21. The highest BCUT2D eigenvalue weighted by molar-refractivity contribution is 7.92. The number of hydrogen-bond donors (Lipinski definition) is 2. The van der Waals surface area contributed by atoms with E-state index in [4.69, 9.17) is 0 Å². The molecule has 0 aromatic heterocycles. The minimum atomic E-state index is -3.74. The van der Waals surface area contributed by atoms with Crippen molar-refractivity contribution in [3.8, 4) is 0 Å². The van der Waals surface area contributed by atoms with Gasteiger partial charge >= 0.3 is 0 Å². The number of anilines is 2. The summed E-state index contributed by atoms with van der Waals surface area (Å²) in [6.07, 6.45) is 1.04. The largest absolute Gasteiger partial charge is 0.345 e. The first-order chi connectivity index (χ1) is 18.6. The molecule has 0 saturated carbocycles. The van der Waals surface area contributed by atoms with Gasteiger partial charge in [-0.25, -0.2) is 12.8 Å². The zero-order valence-corrected chi connectivity index (χ0v) is 22.3. The van der Waals surface area contributed by atoms with E-state index in [2.05, 4.69) is 10.6 Å². The van der Waals surface area contributed by atoms with Gasteiger partial charge in [0.05, 0.1) is 35.8 Å². The summed E-state index contributed by atoms with van der Waals surface area (Å²) in [5, 5.41) is 5.71. The maximum absolute atomic E-state index is 14.2. The number of nitrogens with zero attached hydrogens (tertiary/aromatic N) is 1. The predicted octanol–water partition coefficient (Wildman–Crippen LogP) is 5.54. The van der Waals surface area contributed by atoms with Crippen LogP contribution in [0.5, 0.6) is 0 Å². The van der Waals surface area contributed by atoms with E-state index >= 15 is 0 Å². The van der Waals surface area contributed by atoms with Crippen LogP contribution in [0, 0.1) is 5.82 Å². The van der Waals surface area contributed by atoms with E-state index in [1.807, 2.05) is 37.3 Å². The zero-order valence-electron chi connectivity index (χ0n) is 21.5. The molecule has 4 rings (SSSR count). The van der Waals surface area contributed by atoms with E-state index in [0.29, 0.717) is 11.3 Å². The van der Waals surface area contributed by atoms with Crippen LogP contribution in [0.15, 0.2) is 103 Å². The topological polar surface area (TPSA) is 95.6 Å². The smallest absolute Gasteiger partial charge is 0.255 e. The first-order valence-electron chi connectivity index (χ1n) is 12.2. The third kappa shape index (κ3) is 6.88. The van der Waals surface area contributed by atoms with Crippen molar-refractivity contribution in [3.63, 3.8) is 0 Å². The molecule has 0 fully saturated rings. The number of nitrogens with one attached hydrogen (secondary N) is 2. The highest BCUT2D eigenvalue weighted by atomic mass is 32.2. The summed E-state index contributed by atoms with van der Waals surface area (Å²) in [4.78, 5) is 26.0. The number of sulfonamides is 1. The van der Waals surface area contributed by atoms with E-state index in [9.17, 15) is 22.4 Å². The Balaban J connectivity index is 1.50. The molecule has 0 aliphatic heterocycles. The molecule has 0 spiro atoms. The lowest BCUT2D eigenvalue weighted by Gasteiger charge is -2.23. The van der Waals surface area contributed by atoms with Gasteiger partial charge in [0.15, 0.2) is 0 Å². The van der Waals surface area contributed by atoms with Crippen LogP contribution in [0.3, 0.4) is 0 Å². The standard InChI is InChI=1S/C30H28FN3O4S/c1-21(22-10-4-3-5-11-22)32-30(36)26-13-7-9-15-28(26)33-29(35)23-16-18-25(19-17-23)34(39(2,37)38)20-24-12-6-8-14-27(24)31/h3-19,21H,20H2,1-2H3,(H,32,36)(H,33,35)/t21-/m0/s1. The van der Waals surface area contributed by atoms with Crippen LogP contribution >= 0.6 is 0 Å². The number of carbonyl (C=O) groups is 2. The normalized spacial score (nSPS) is 11.9. The molecule has 39 heavy (non-hydrogen) atoms. The van der Waals surface area contributed by atoms with E-state index in [1.165, 1.54) is 42.5 Å². The fourth-order valence-corrected chi connectivity index (χ4v) is 4.92. The van der Waals surface area contributed by atoms with Crippen molar-refractivity contribution in [1.82, 2.24) is 5.32 Å². The third-order valence-corrected chi connectivity index (χ3v) is 7.30. The average molecular weight is 546 g/mol. The Hall–Kier alpha value is -4.50. The van der Waals surface area contributed by atoms with Gasteiger partial charge in [0.2, 0.25) is 10.0 Å². The van der Waals surface area contributed by atoms with Gasteiger partial charge in [0.25, 0.3) is 11.8 Å². The minimum Gasteiger partial charge on any atom is -0.345 e. The molecule has 0 bridgehead atoms. The Morgan fingerprint density at radius 1 is 0.821 bits per heavy atom. The summed E-state index contributed by atoms with van der Waals surface area (Å²) in [5.74, 6) is -1.32. The number of hydrogen-bond acceptors (Lipinski definition) is 4. The van der Waals surface area contributed by atoms with Crippen molar-refractivity contribution in [2.24, 2.45) is 0 Å². The zero-order chi connectivity index (χ0) is 28.0. The number of rotatable bonds is 9. The Morgan fingerprint density at radius 3 is 2.10 bits per heavy atom. The molecule has 4 aromatic carbocycles. The predicted molar refractivity (Wildman–Crippen MR) is 151 cm³/mol. The van der Waals surface area contributed by atoms with Gasteiger partial charge < -0.3 is 10.6 Å². The number of para-hydroxylation sites is 1. The second kappa shape index (κ2) is 11.9. The Morgan fingerprint density at radius 2 is 1.44 bits per heavy atom. The second-order valence-electron chi connectivity index (χ2n) is 9.01. The fourth-order valence-electron chi connectivity index (χ4n) is 4.04. The van der Waals surface area contributed by atoms with Crippen molar-refractivity contribution in [1.29, 1.82) is 0 Å². The summed E-state index contributed by atoms with van der Waals surface area (Å²) < 4.78 is 40.2. The summed E-state index contributed by atoms with van der Waals surface area (Å²) in [7, 11) is -3.74. The van der Waals surface area contributed by atoms with E-state index in [0.717, 1.165) is 16.1 Å². The van der Waals surface area contributed by atoms with Crippen LogP contribution in [-0.4, -0.2) is 26.5 Å². The Labute approximate surface area is 227 Å². The third-order valence-electron chi connectivity index (χ3n) is 6.16. The van der Waals surface area contributed by atoms with Gasteiger partial charge in [-0.05, 0) is 55.0 Å². The van der Waals surface area contributed by atoms with Gasteiger partial charge in [0.1, 0.15) is 5.82 Å².